The average molecular weight is 223 g/mol. The predicted octanol–water partition coefficient (Wildman–Crippen LogP) is 2.67. The number of aryl methyl sites for hydroxylation is 1. The quantitative estimate of drug-likeness (QED) is 0.778. The van der Waals surface area contributed by atoms with Gasteiger partial charge in [0, 0.05) is 24.4 Å². The van der Waals surface area contributed by atoms with Crippen LogP contribution < -0.4 is 4.90 Å². The molecule has 15 heavy (non-hydrogen) atoms. The maximum absolute atomic E-state index is 11.7. The topological polar surface area (TPSA) is 20.3 Å². The highest BCUT2D eigenvalue weighted by atomic mass is 32.1. The molecule has 82 valence electrons. The number of benzene rings is 1. The Morgan fingerprint density at radius 1 is 1.33 bits per heavy atom. The van der Waals surface area contributed by atoms with Gasteiger partial charge in [0.1, 0.15) is 0 Å². The normalized spacial score (nSPS) is 10.1. The Bertz CT molecular complexity index is 321. The van der Waals surface area contributed by atoms with Crippen molar-refractivity contribution in [1.29, 1.82) is 0 Å². The van der Waals surface area contributed by atoms with E-state index in [-0.39, 0.29) is 5.91 Å². The van der Waals surface area contributed by atoms with Crippen LogP contribution in [0, 0.1) is 6.92 Å². The van der Waals surface area contributed by atoms with Crippen LogP contribution in [0.4, 0.5) is 5.69 Å². The summed E-state index contributed by atoms with van der Waals surface area (Å²) in [7, 11) is 0. The highest BCUT2D eigenvalue weighted by molar-refractivity contribution is 7.80. The fourth-order valence-electron chi connectivity index (χ4n) is 1.41. The zero-order valence-corrected chi connectivity index (χ0v) is 10.1. The maximum atomic E-state index is 11.7. The molecule has 0 spiro atoms. The van der Waals surface area contributed by atoms with Gasteiger partial charge in [-0.15, -0.1) is 0 Å². The van der Waals surface area contributed by atoms with Gasteiger partial charge in [0.25, 0.3) is 0 Å². The fourth-order valence-corrected chi connectivity index (χ4v) is 1.61. The molecule has 1 aromatic carbocycles. The molecule has 0 unspecified atom stereocenters. The molecule has 0 heterocycles. The molecule has 1 aromatic rings. The summed E-state index contributed by atoms with van der Waals surface area (Å²) >= 11 is 4.17. The minimum absolute atomic E-state index is 0.146. The third-order valence-electron chi connectivity index (χ3n) is 2.27. The predicted molar refractivity (Wildman–Crippen MR) is 67.7 cm³/mol. The molecule has 0 aromatic heterocycles. The van der Waals surface area contributed by atoms with Gasteiger partial charge in [0.2, 0.25) is 5.91 Å². The number of hydrogen-bond donors (Lipinski definition) is 1. The number of amides is 1. The summed E-state index contributed by atoms with van der Waals surface area (Å²) in [6, 6.07) is 7.99. The first kappa shape index (κ1) is 12.1. The van der Waals surface area contributed by atoms with Crippen molar-refractivity contribution < 1.29 is 4.79 Å². The van der Waals surface area contributed by atoms with E-state index in [0.717, 1.165) is 5.69 Å². The van der Waals surface area contributed by atoms with Crippen LogP contribution in [0.5, 0.6) is 0 Å². The van der Waals surface area contributed by atoms with E-state index >= 15 is 0 Å². The summed E-state index contributed by atoms with van der Waals surface area (Å²) in [6.45, 7) is 4.58. The van der Waals surface area contributed by atoms with Gasteiger partial charge < -0.3 is 4.90 Å². The number of carbonyl (C=O) groups is 1. The van der Waals surface area contributed by atoms with E-state index in [4.69, 9.17) is 0 Å². The number of anilines is 1. The molecule has 0 aliphatic carbocycles. The Labute approximate surface area is 96.7 Å². The molecule has 2 nitrogen and oxygen atoms in total. The summed E-state index contributed by atoms with van der Waals surface area (Å²) < 4.78 is 0. The van der Waals surface area contributed by atoms with E-state index in [2.05, 4.69) is 12.6 Å². The van der Waals surface area contributed by atoms with Gasteiger partial charge in [0.15, 0.2) is 0 Å². The first-order valence-electron chi connectivity index (χ1n) is 5.17. The smallest absolute Gasteiger partial charge is 0.226 e. The summed E-state index contributed by atoms with van der Waals surface area (Å²) in [4.78, 5) is 13.5. The van der Waals surface area contributed by atoms with E-state index in [1.807, 2.05) is 38.1 Å². The molecule has 0 saturated heterocycles. The van der Waals surface area contributed by atoms with Crippen LogP contribution in [0.1, 0.15) is 18.9 Å². The molecule has 0 saturated carbocycles. The van der Waals surface area contributed by atoms with Crippen LogP contribution in [0.2, 0.25) is 0 Å². The minimum atomic E-state index is 0.146. The molecular weight excluding hydrogens is 206 g/mol. The van der Waals surface area contributed by atoms with Crippen molar-refractivity contribution in [1.82, 2.24) is 0 Å². The SMILES string of the molecule is CCC(=O)N(CCS)c1ccc(C)cc1. The van der Waals surface area contributed by atoms with Crippen molar-refractivity contribution in [3.63, 3.8) is 0 Å². The van der Waals surface area contributed by atoms with Crippen LogP contribution in [0.3, 0.4) is 0 Å². The van der Waals surface area contributed by atoms with Crippen LogP contribution >= 0.6 is 12.6 Å². The molecule has 0 aliphatic rings. The third kappa shape index (κ3) is 3.27. The zero-order chi connectivity index (χ0) is 11.3. The Hall–Kier alpha value is -0.960. The van der Waals surface area contributed by atoms with Crippen molar-refractivity contribution in [3.05, 3.63) is 29.8 Å². The van der Waals surface area contributed by atoms with Gasteiger partial charge in [-0.25, -0.2) is 0 Å². The van der Waals surface area contributed by atoms with Crippen molar-refractivity contribution >= 4 is 24.2 Å². The van der Waals surface area contributed by atoms with Crippen LogP contribution in [0.15, 0.2) is 24.3 Å². The summed E-state index contributed by atoms with van der Waals surface area (Å²) in [5, 5.41) is 0. The second-order valence-electron chi connectivity index (χ2n) is 3.46. The maximum Gasteiger partial charge on any atom is 0.226 e. The Morgan fingerprint density at radius 3 is 2.40 bits per heavy atom. The lowest BCUT2D eigenvalue weighted by Crippen LogP contribution is -2.31. The minimum Gasteiger partial charge on any atom is -0.312 e. The van der Waals surface area contributed by atoms with E-state index in [1.54, 1.807) is 4.90 Å². The molecule has 3 heteroatoms. The fraction of sp³-hybridized carbons (Fsp3) is 0.417. The van der Waals surface area contributed by atoms with Gasteiger partial charge in [0.05, 0.1) is 0 Å². The molecule has 1 amide bonds. The van der Waals surface area contributed by atoms with E-state index in [0.29, 0.717) is 18.7 Å². The Kier molecular flexibility index (Phi) is 4.69. The molecule has 0 radical (unpaired) electrons. The monoisotopic (exact) mass is 223 g/mol. The third-order valence-corrected chi connectivity index (χ3v) is 2.47. The molecule has 1 rings (SSSR count). The number of hydrogen-bond acceptors (Lipinski definition) is 2. The van der Waals surface area contributed by atoms with Gasteiger partial charge in [-0.3, -0.25) is 4.79 Å². The first-order valence-corrected chi connectivity index (χ1v) is 5.80. The highest BCUT2D eigenvalue weighted by Crippen LogP contribution is 2.16. The first-order chi connectivity index (χ1) is 7.19. The molecular formula is C12H17NOS. The molecule has 0 atom stereocenters. The highest BCUT2D eigenvalue weighted by Gasteiger charge is 2.12. The molecule has 0 fully saturated rings. The summed E-state index contributed by atoms with van der Waals surface area (Å²) in [5.41, 5.74) is 2.16. The molecule has 0 aliphatic heterocycles. The molecule has 0 N–H and O–H groups in total. The second kappa shape index (κ2) is 5.81. The van der Waals surface area contributed by atoms with Crippen molar-refractivity contribution in [2.24, 2.45) is 0 Å². The molecule has 0 bridgehead atoms. The van der Waals surface area contributed by atoms with E-state index < -0.39 is 0 Å². The number of rotatable bonds is 4. The van der Waals surface area contributed by atoms with Crippen LogP contribution in [-0.2, 0) is 4.79 Å². The van der Waals surface area contributed by atoms with Crippen LogP contribution in [-0.4, -0.2) is 18.2 Å². The number of thiol groups is 1. The zero-order valence-electron chi connectivity index (χ0n) is 9.23. The van der Waals surface area contributed by atoms with Gasteiger partial charge in [-0.2, -0.15) is 12.6 Å². The van der Waals surface area contributed by atoms with Gasteiger partial charge in [-0.1, -0.05) is 24.6 Å². The van der Waals surface area contributed by atoms with Crippen molar-refractivity contribution in [2.45, 2.75) is 20.3 Å². The van der Waals surface area contributed by atoms with Crippen molar-refractivity contribution in [2.75, 3.05) is 17.2 Å². The van der Waals surface area contributed by atoms with Crippen LogP contribution in [0.25, 0.3) is 0 Å². The summed E-state index contributed by atoms with van der Waals surface area (Å²) in [5.74, 6) is 0.826. The number of nitrogens with zero attached hydrogens (tertiary/aromatic N) is 1. The van der Waals surface area contributed by atoms with E-state index in [1.165, 1.54) is 5.56 Å². The lowest BCUT2D eigenvalue weighted by Gasteiger charge is -2.21. The van der Waals surface area contributed by atoms with Gasteiger partial charge >= 0.3 is 0 Å². The number of carbonyl (C=O) groups excluding carboxylic acids is 1. The Balaban J connectivity index is 2.88. The Morgan fingerprint density at radius 2 is 1.93 bits per heavy atom. The van der Waals surface area contributed by atoms with Gasteiger partial charge in [-0.05, 0) is 19.1 Å². The summed E-state index contributed by atoms with van der Waals surface area (Å²) in [6.07, 6.45) is 0.529. The average Bonchev–Trinajstić information content (AvgIpc) is 2.26. The standard InChI is InChI=1S/C12H17NOS/c1-3-12(14)13(8-9-15)11-6-4-10(2)5-7-11/h4-7,15H,3,8-9H2,1-2H3. The lowest BCUT2D eigenvalue weighted by molar-refractivity contribution is -0.118. The second-order valence-corrected chi connectivity index (χ2v) is 3.91. The lowest BCUT2D eigenvalue weighted by atomic mass is 10.2. The largest absolute Gasteiger partial charge is 0.312 e. The van der Waals surface area contributed by atoms with E-state index in [9.17, 15) is 4.79 Å². The van der Waals surface area contributed by atoms with Crippen molar-refractivity contribution in [3.8, 4) is 0 Å².